The van der Waals surface area contributed by atoms with Gasteiger partial charge in [0, 0.05) is 30.6 Å². The first-order valence-electron chi connectivity index (χ1n) is 5.96. The second-order valence-electron chi connectivity index (χ2n) is 4.59. The normalized spacial score (nSPS) is 25.3. The first-order valence-corrected chi connectivity index (χ1v) is 6.49. The molecule has 0 aliphatic carbocycles. The zero-order valence-electron chi connectivity index (χ0n) is 10.2. The molecule has 18 heavy (non-hydrogen) atoms. The van der Waals surface area contributed by atoms with E-state index >= 15 is 0 Å². The monoisotopic (exact) mass is 275 g/mol. The van der Waals surface area contributed by atoms with E-state index in [0.29, 0.717) is 19.0 Å². The van der Waals surface area contributed by atoms with E-state index in [-0.39, 0.29) is 24.3 Å². The summed E-state index contributed by atoms with van der Waals surface area (Å²) in [7, 11) is 0. The van der Waals surface area contributed by atoms with Gasteiger partial charge in [-0.05, 0) is 19.1 Å². The van der Waals surface area contributed by atoms with Crippen LogP contribution in [0.4, 0.5) is 8.78 Å². The summed E-state index contributed by atoms with van der Waals surface area (Å²) in [5, 5.41) is 0. The topological polar surface area (TPSA) is 12.5 Å². The fourth-order valence-electron chi connectivity index (χ4n) is 2.08. The molecular formula is C13H16ClF2NO. The summed E-state index contributed by atoms with van der Waals surface area (Å²) >= 11 is 5.76. The van der Waals surface area contributed by atoms with Crippen molar-refractivity contribution in [3.05, 3.63) is 35.4 Å². The number of morpholine rings is 1. The Labute approximate surface area is 110 Å². The van der Waals surface area contributed by atoms with Crippen molar-refractivity contribution < 1.29 is 13.5 Å². The fourth-order valence-corrected chi connectivity index (χ4v) is 2.26. The lowest BCUT2D eigenvalue weighted by molar-refractivity contribution is -0.0517. The standard InChI is InChI=1S/C13H16ClF2NO/c1-9-8-18-10(5-14)6-17(9)7-11-12(15)3-2-4-13(11)16/h2-4,9-10H,5-8H2,1H3. The van der Waals surface area contributed by atoms with Gasteiger partial charge in [0.1, 0.15) is 11.6 Å². The summed E-state index contributed by atoms with van der Waals surface area (Å²) in [4.78, 5) is 2.00. The molecule has 1 aromatic carbocycles. The van der Waals surface area contributed by atoms with Gasteiger partial charge >= 0.3 is 0 Å². The molecular weight excluding hydrogens is 260 g/mol. The van der Waals surface area contributed by atoms with Crippen molar-refractivity contribution in [2.24, 2.45) is 0 Å². The van der Waals surface area contributed by atoms with Crippen LogP contribution in [0.25, 0.3) is 0 Å². The Morgan fingerprint density at radius 2 is 2.06 bits per heavy atom. The molecule has 1 heterocycles. The number of alkyl halides is 1. The third kappa shape index (κ3) is 2.99. The number of ether oxygens (including phenoxy) is 1. The Hall–Kier alpha value is -0.710. The summed E-state index contributed by atoms with van der Waals surface area (Å²) in [6.45, 7) is 3.35. The van der Waals surface area contributed by atoms with Crippen LogP contribution in [0.15, 0.2) is 18.2 Å². The second kappa shape index (κ2) is 5.95. The number of benzene rings is 1. The first-order chi connectivity index (χ1) is 8.61. The van der Waals surface area contributed by atoms with E-state index < -0.39 is 11.6 Å². The van der Waals surface area contributed by atoms with E-state index in [4.69, 9.17) is 16.3 Å². The van der Waals surface area contributed by atoms with Gasteiger partial charge in [-0.2, -0.15) is 0 Å². The Bertz CT molecular complexity index is 396. The van der Waals surface area contributed by atoms with Gasteiger partial charge in [-0.15, -0.1) is 11.6 Å². The molecule has 1 aromatic rings. The van der Waals surface area contributed by atoms with Crippen molar-refractivity contribution in [3.8, 4) is 0 Å². The fraction of sp³-hybridized carbons (Fsp3) is 0.538. The minimum atomic E-state index is -0.504. The van der Waals surface area contributed by atoms with Crippen LogP contribution in [-0.4, -0.2) is 36.1 Å². The van der Waals surface area contributed by atoms with Gasteiger partial charge < -0.3 is 4.74 Å². The summed E-state index contributed by atoms with van der Waals surface area (Å²) < 4.78 is 32.7. The third-order valence-electron chi connectivity index (χ3n) is 3.23. The summed E-state index contributed by atoms with van der Waals surface area (Å²) in [5.41, 5.74) is 0.111. The van der Waals surface area contributed by atoms with Crippen LogP contribution < -0.4 is 0 Å². The van der Waals surface area contributed by atoms with Crippen LogP contribution >= 0.6 is 11.6 Å². The lowest BCUT2D eigenvalue weighted by atomic mass is 10.1. The van der Waals surface area contributed by atoms with Crippen molar-refractivity contribution in [2.45, 2.75) is 25.6 Å². The van der Waals surface area contributed by atoms with E-state index in [1.54, 1.807) is 0 Å². The predicted octanol–water partition coefficient (Wildman–Crippen LogP) is 2.79. The second-order valence-corrected chi connectivity index (χ2v) is 4.90. The Morgan fingerprint density at radius 1 is 1.39 bits per heavy atom. The highest BCUT2D eigenvalue weighted by molar-refractivity contribution is 6.18. The average Bonchev–Trinajstić information content (AvgIpc) is 2.36. The van der Waals surface area contributed by atoms with Gasteiger partial charge in [-0.3, -0.25) is 4.90 Å². The van der Waals surface area contributed by atoms with Gasteiger partial charge in [-0.25, -0.2) is 8.78 Å². The van der Waals surface area contributed by atoms with Crippen molar-refractivity contribution in [1.29, 1.82) is 0 Å². The van der Waals surface area contributed by atoms with E-state index in [1.165, 1.54) is 18.2 Å². The molecule has 1 aliphatic rings. The third-order valence-corrected chi connectivity index (χ3v) is 3.57. The van der Waals surface area contributed by atoms with Gasteiger partial charge in [0.2, 0.25) is 0 Å². The van der Waals surface area contributed by atoms with Crippen LogP contribution in [0.2, 0.25) is 0 Å². The average molecular weight is 276 g/mol. The number of hydrogen-bond acceptors (Lipinski definition) is 2. The molecule has 2 atom stereocenters. The molecule has 2 rings (SSSR count). The summed E-state index contributed by atoms with van der Waals surface area (Å²) in [6.07, 6.45) is -0.0716. The molecule has 0 radical (unpaired) electrons. The van der Waals surface area contributed by atoms with Gasteiger partial charge in [0.25, 0.3) is 0 Å². The smallest absolute Gasteiger partial charge is 0.130 e. The quantitative estimate of drug-likeness (QED) is 0.787. The van der Waals surface area contributed by atoms with Crippen molar-refractivity contribution in [1.82, 2.24) is 4.90 Å². The zero-order chi connectivity index (χ0) is 13.1. The Kier molecular flexibility index (Phi) is 4.54. The SMILES string of the molecule is CC1COC(CCl)CN1Cc1c(F)cccc1F. The molecule has 0 saturated carbocycles. The highest BCUT2D eigenvalue weighted by Gasteiger charge is 2.26. The van der Waals surface area contributed by atoms with E-state index in [0.717, 1.165) is 0 Å². The minimum Gasteiger partial charge on any atom is -0.374 e. The van der Waals surface area contributed by atoms with Crippen LogP contribution in [0.3, 0.4) is 0 Å². The molecule has 0 spiro atoms. The zero-order valence-corrected chi connectivity index (χ0v) is 11.0. The molecule has 5 heteroatoms. The van der Waals surface area contributed by atoms with Crippen molar-refractivity contribution >= 4 is 11.6 Å². The van der Waals surface area contributed by atoms with Gasteiger partial charge in [0.05, 0.1) is 12.7 Å². The Morgan fingerprint density at radius 3 is 2.67 bits per heavy atom. The maximum absolute atomic E-state index is 13.6. The lowest BCUT2D eigenvalue weighted by Gasteiger charge is -2.37. The number of rotatable bonds is 3. The maximum atomic E-state index is 13.6. The minimum absolute atomic E-state index is 0.0716. The molecule has 0 aromatic heterocycles. The highest BCUT2D eigenvalue weighted by atomic mass is 35.5. The van der Waals surface area contributed by atoms with Crippen LogP contribution in [0, 0.1) is 11.6 Å². The van der Waals surface area contributed by atoms with Gasteiger partial charge in [0.15, 0.2) is 0 Å². The number of halogens is 3. The van der Waals surface area contributed by atoms with E-state index in [9.17, 15) is 8.78 Å². The lowest BCUT2D eigenvalue weighted by Crippen LogP contribution is -2.48. The molecule has 1 saturated heterocycles. The largest absolute Gasteiger partial charge is 0.374 e. The molecule has 100 valence electrons. The highest BCUT2D eigenvalue weighted by Crippen LogP contribution is 2.19. The summed E-state index contributed by atoms with van der Waals surface area (Å²) in [5.74, 6) is -0.615. The molecule has 0 bridgehead atoms. The van der Waals surface area contributed by atoms with E-state index in [2.05, 4.69) is 0 Å². The maximum Gasteiger partial charge on any atom is 0.130 e. The van der Waals surface area contributed by atoms with Gasteiger partial charge in [-0.1, -0.05) is 6.07 Å². The van der Waals surface area contributed by atoms with Crippen molar-refractivity contribution in [3.63, 3.8) is 0 Å². The van der Waals surface area contributed by atoms with Crippen LogP contribution in [-0.2, 0) is 11.3 Å². The number of hydrogen-bond donors (Lipinski definition) is 0. The molecule has 0 amide bonds. The van der Waals surface area contributed by atoms with Crippen LogP contribution in [0.1, 0.15) is 12.5 Å². The van der Waals surface area contributed by atoms with E-state index in [1.807, 2.05) is 11.8 Å². The molecule has 2 unspecified atom stereocenters. The molecule has 2 nitrogen and oxygen atoms in total. The Balaban J connectivity index is 2.12. The number of nitrogens with zero attached hydrogens (tertiary/aromatic N) is 1. The first kappa shape index (κ1) is 13.7. The summed E-state index contributed by atoms with van der Waals surface area (Å²) in [6, 6.07) is 4.06. The van der Waals surface area contributed by atoms with Crippen LogP contribution in [0.5, 0.6) is 0 Å². The van der Waals surface area contributed by atoms with Crippen molar-refractivity contribution in [2.75, 3.05) is 19.0 Å². The predicted molar refractivity (Wildman–Crippen MR) is 66.7 cm³/mol. The molecule has 0 N–H and O–H groups in total. The molecule has 1 aliphatic heterocycles. The molecule has 1 fully saturated rings.